The number of rotatable bonds is 3. The highest BCUT2D eigenvalue weighted by molar-refractivity contribution is 5.84. The number of primary amides is 1. The monoisotopic (exact) mass is 273 g/mol. The Balaban J connectivity index is 1.91. The molecular weight excluding hydrogens is 250 g/mol. The summed E-state index contributed by atoms with van der Waals surface area (Å²) in [5, 5.41) is 0. The van der Waals surface area contributed by atoms with Crippen molar-refractivity contribution in [2.45, 2.75) is 63.4 Å². The number of ether oxygens (including phenoxy) is 1. The molecule has 1 aromatic rings. The molecule has 3 heteroatoms. The summed E-state index contributed by atoms with van der Waals surface area (Å²) >= 11 is 0. The highest BCUT2D eigenvalue weighted by Gasteiger charge is 2.40. The molecule has 1 amide bonds. The fourth-order valence-corrected chi connectivity index (χ4v) is 3.57. The van der Waals surface area contributed by atoms with Crippen molar-refractivity contribution in [2.75, 3.05) is 0 Å². The highest BCUT2D eigenvalue weighted by Crippen LogP contribution is 2.37. The minimum Gasteiger partial charge on any atom is -0.477 e. The Bertz CT molecular complexity index is 504. The van der Waals surface area contributed by atoms with E-state index in [0.29, 0.717) is 0 Å². The van der Waals surface area contributed by atoms with E-state index in [9.17, 15) is 4.79 Å². The van der Waals surface area contributed by atoms with E-state index in [1.54, 1.807) is 0 Å². The highest BCUT2D eigenvalue weighted by atomic mass is 16.5. The second kappa shape index (κ2) is 5.47. The SMILES string of the molecule is NC(=O)C1(Oc2cccc3c2CCCC3)CCCCC1. The van der Waals surface area contributed by atoms with Crippen LogP contribution in [-0.4, -0.2) is 11.5 Å². The van der Waals surface area contributed by atoms with Gasteiger partial charge >= 0.3 is 0 Å². The molecule has 1 fully saturated rings. The van der Waals surface area contributed by atoms with Crippen LogP contribution < -0.4 is 10.5 Å². The maximum Gasteiger partial charge on any atom is 0.261 e. The molecule has 1 aromatic carbocycles. The number of carbonyl (C=O) groups excluding carboxylic acids is 1. The van der Waals surface area contributed by atoms with Gasteiger partial charge in [-0.15, -0.1) is 0 Å². The lowest BCUT2D eigenvalue weighted by Crippen LogP contribution is -2.50. The van der Waals surface area contributed by atoms with Gasteiger partial charge in [-0.3, -0.25) is 4.79 Å². The van der Waals surface area contributed by atoms with Crippen LogP contribution in [0.4, 0.5) is 0 Å². The van der Waals surface area contributed by atoms with E-state index in [0.717, 1.165) is 44.3 Å². The molecule has 20 heavy (non-hydrogen) atoms. The van der Waals surface area contributed by atoms with Crippen LogP contribution in [0.5, 0.6) is 5.75 Å². The molecule has 0 aromatic heterocycles. The molecule has 0 saturated heterocycles. The van der Waals surface area contributed by atoms with Crippen LogP contribution in [0.15, 0.2) is 18.2 Å². The molecule has 0 spiro atoms. The quantitative estimate of drug-likeness (QED) is 0.920. The molecule has 0 aliphatic heterocycles. The lowest BCUT2D eigenvalue weighted by Gasteiger charge is -2.36. The summed E-state index contributed by atoms with van der Waals surface area (Å²) in [4.78, 5) is 11.9. The topological polar surface area (TPSA) is 52.3 Å². The second-order valence-electron chi connectivity index (χ2n) is 6.12. The first kappa shape index (κ1) is 13.5. The van der Waals surface area contributed by atoms with E-state index >= 15 is 0 Å². The summed E-state index contributed by atoms with van der Waals surface area (Å²) in [5.41, 5.74) is 7.56. The molecule has 0 bridgehead atoms. The van der Waals surface area contributed by atoms with Gasteiger partial charge in [0.25, 0.3) is 5.91 Å². The van der Waals surface area contributed by atoms with E-state index in [1.165, 1.54) is 30.4 Å². The van der Waals surface area contributed by atoms with E-state index in [-0.39, 0.29) is 5.91 Å². The first-order chi connectivity index (χ1) is 9.71. The fraction of sp³-hybridized carbons (Fsp3) is 0.588. The van der Waals surface area contributed by atoms with Crippen LogP contribution >= 0.6 is 0 Å². The number of aryl methyl sites for hydroxylation is 1. The Morgan fingerprint density at radius 1 is 1.05 bits per heavy atom. The van der Waals surface area contributed by atoms with Crippen molar-refractivity contribution in [1.29, 1.82) is 0 Å². The molecule has 0 atom stereocenters. The first-order valence-corrected chi connectivity index (χ1v) is 7.81. The number of amides is 1. The fourth-order valence-electron chi connectivity index (χ4n) is 3.57. The van der Waals surface area contributed by atoms with Crippen molar-refractivity contribution in [1.82, 2.24) is 0 Å². The molecular formula is C17H23NO2. The lowest BCUT2D eigenvalue weighted by atomic mass is 9.83. The van der Waals surface area contributed by atoms with Crippen LogP contribution in [0.3, 0.4) is 0 Å². The molecule has 0 heterocycles. The average Bonchev–Trinajstić information content (AvgIpc) is 2.48. The molecule has 2 aliphatic rings. The third-order valence-electron chi connectivity index (χ3n) is 4.77. The minimum atomic E-state index is -0.773. The van der Waals surface area contributed by atoms with Gasteiger partial charge in [-0.05, 0) is 68.6 Å². The van der Waals surface area contributed by atoms with Crippen LogP contribution in [0, 0.1) is 0 Å². The largest absolute Gasteiger partial charge is 0.477 e. The molecule has 0 radical (unpaired) electrons. The second-order valence-corrected chi connectivity index (χ2v) is 6.12. The van der Waals surface area contributed by atoms with Crippen LogP contribution in [0.1, 0.15) is 56.1 Å². The van der Waals surface area contributed by atoms with Gasteiger partial charge < -0.3 is 10.5 Å². The van der Waals surface area contributed by atoms with E-state index < -0.39 is 5.60 Å². The summed E-state index contributed by atoms with van der Waals surface area (Å²) in [6, 6.07) is 6.22. The molecule has 1 saturated carbocycles. The predicted octanol–water partition coefficient (Wildman–Crippen LogP) is 3.13. The summed E-state index contributed by atoms with van der Waals surface area (Å²) < 4.78 is 6.23. The van der Waals surface area contributed by atoms with Gasteiger partial charge in [0, 0.05) is 0 Å². The van der Waals surface area contributed by atoms with Gasteiger partial charge in [0.15, 0.2) is 5.60 Å². The van der Waals surface area contributed by atoms with Crippen molar-refractivity contribution in [3.05, 3.63) is 29.3 Å². The Morgan fingerprint density at radius 3 is 2.55 bits per heavy atom. The maximum atomic E-state index is 11.9. The normalized spacial score (nSPS) is 21.0. The van der Waals surface area contributed by atoms with E-state index in [4.69, 9.17) is 10.5 Å². The smallest absolute Gasteiger partial charge is 0.261 e. The van der Waals surface area contributed by atoms with Crippen molar-refractivity contribution in [3.63, 3.8) is 0 Å². The number of hydrogen-bond donors (Lipinski definition) is 1. The van der Waals surface area contributed by atoms with Gasteiger partial charge in [0.05, 0.1) is 0 Å². The standard InChI is InChI=1S/C17H23NO2/c18-16(19)17(11-4-1-5-12-17)20-15-10-6-8-13-7-2-3-9-14(13)15/h6,8,10H,1-5,7,9,11-12H2,(H2,18,19). The minimum absolute atomic E-state index is 0.300. The van der Waals surface area contributed by atoms with Gasteiger partial charge in [-0.25, -0.2) is 0 Å². The van der Waals surface area contributed by atoms with E-state index in [1.807, 2.05) is 12.1 Å². The molecule has 3 nitrogen and oxygen atoms in total. The number of nitrogens with two attached hydrogens (primary N) is 1. The molecule has 2 N–H and O–H groups in total. The number of fused-ring (bicyclic) bond motifs is 1. The average molecular weight is 273 g/mol. The van der Waals surface area contributed by atoms with Crippen molar-refractivity contribution < 1.29 is 9.53 Å². The van der Waals surface area contributed by atoms with Gasteiger partial charge in [-0.2, -0.15) is 0 Å². The summed E-state index contributed by atoms with van der Waals surface area (Å²) in [6.07, 6.45) is 9.37. The maximum absolute atomic E-state index is 11.9. The van der Waals surface area contributed by atoms with Crippen molar-refractivity contribution >= 4 is 5.91 Å². The first-order valence-electron chi connectivity index (χ1n) is 7.81. The number of carbonyl (C=O) groups is 1. The zero-order valence-electron chi connectivity index (χ0n) is 12.0. The van der Waals surface area contributed by atoms with Crippen molar-refractivity contribution in [2.24, 2.45) is 5.73 Å². The van der Waals surface area contributed by atoms with Crippen LogP contribution in [-0.2, 0) is 17.6 Å². The Kier molecular flexibility index (Phi) is 3.68. The summed E-state index contributed by atoms with van der Waals surface area (Å²) in [6.45, 7) is 0. The lowest BCUT2D eigenvalue weighted by molar-refractivity contribution is -0.136. The predicted molar refractivity (Wildman–Crippen MR) is 78.7 cm³/mol. The zero-order chi connectivity index (χ0) is 14.0. The zero-order valence-corrected chi connectivity index (χ0v) is 12.0. The molecule has 3 rings (SSSR count). The molecule has 0 unspecified atom stereocenters. The summed E-state index contributed by atoms with van der Waals surface area (Å²) in [7, 11) is 0. The number of hydrogen-bond acceptors (Lipinski definition) is 2. The van der Waals surface area contributed by atoms with E-state index in [2.05, 4.69) is 6.07 Å². The Morgan fingerprint density at radius 2 is 1.80 bits per heavy atom. The third-order valence-corrected chi connectivity index (χ3v) is 4.77. The Labute approximate surface area is 120 Å². The van der Waals surface area contributed by atoms with Crippen molar-refractivity contribution in [3.8, 4) is 5.75 Å². The van der Waals surface area contributed by atoms with Gasteiger partial charge in [0.2, 0.25) is 0 Å². The van der Waals surface area contributed by atoms with Gasteiger partial charge in [-0.1, -0.05) is 18.6 Å². The van der Waals surface area contributed by atoms with Crippen LogP contribution in [0.25, 0.3) is 0 Å². The number of benzene rings is 1. The molecule has 2 aliphatic carbocycles. The summed E-state index contributed by atoms with van der Waals surface area (Å²) in [5.74, 6) is 0.591. The molecule has 108 valence electrons. The third kappa shape index (κ3) is 2.41. The van der Waals surface area contributed by atoms with Crippen LogP contribution in [0.2, 0.25) is 0 Å². The Hall–Kier alpha value is -1.51. The van der Waals surface area contributed by atoms with Gasteiger partial charge in [0.1, 0.15) is 5.75 Å².